The van der Waals surface area contributed by atoms with Gasteiger partial charge in [0.15, 0.2) is 0 Å². The van der Waals surface area contributed by atoms with Gasteiger partial charge in [-0.25, -0.2) is 0 Å². The Hall–Kier alpha value is -0.760. The highest BCUT2D eigenvalue weighted by atomic mass is 79.9. The van der Waals surface area contributed by atoms with Gasteiger partial charge in [-0.15, -0.1) is 0 Å². The van der Waals surface area contributed by atoms with Gasteiger partial charge in [-0.1, -0.05) is 28.1 Å². The van der Waals surface area contributed by atoms with Crippen molar-refractivity contribution in [2.24, 2.45) is 5.92 Å². The first-order valence-corrected chi connectivity index (χ1v) is 5.59. The van der Waals surface area contributed by atoms with Crippen molar-refractivity contribution in [2.75, 3.05) is 7.11 Å². The molecule has 1 aliphatic carbocycles. The zero-order valence-electron chi connectivity index (χ0n) is 8.16. The Morgan fingerprint density at radius 3 is 2.50 bits per heavy atom. The summed E-state index contributed by atoms with van der Waals surface area (Å²) in [6, 6.07) is 8.41. The summed E-state index contributed by atoms with van der Waals surface area (Å²) in [5.74, 6) is 0.719. The van der Waals surface area contributed by atoms with Gasteiger partial charge in [0.2, 0.25) is 0 Å². The third-order valence-electron chi connectivity index (χ3n) is 2.44. The molecule has 1 saturated carbocycles. The van der Waals surface area contributed by atoms with Crippen molar-refractivity contribution in [1.29, 1.82) is 0 Å². The van der Waals surface area contributed by atoms with Crippen molar-refractivity contribution < 1.29 is 4.74 Å². The highest BCUT2D eigenvalue weighted by Crippen LogP contribution is 2.41. The average molecular weight is 253 g/mol. The molecule has 2 heteroatoms. The van der Waals surface area contributed by atoms with Gasteiger partial charge in [-0.2, -0.15) is 0 Å². The van der Waals surface area contributed by atoms with E-state index in [0.717, 1.165) is 10.4 Å². The van der Waals surface area contributed by atoms with Gasteiger partial charge >= 0.3 is 0 Å². The molecule has 1 aliphatic rings. The van der Waals surface area contributed by atoms with Crippen LogP contribution in [0.25, 0.3) is 5.57 Å². The number of hydrogen-bond acceptors (Lipinski definition) is 1. The molecule has 0 radical (unpaired) electrons. The number of allylic oxidation sites excluding steroid dienone is 1. The molecule has 0 bridgehead atoms. The first-order valence-electron chi connectivity index (χ1n) is 4.80. The summed E-state index contributed by atoms with van der Waals surface area (Å²) in [6.45, 7) is 0. The molecule has 0 unspecified atom stereocenters. The number of benzene rings is 1. The third kappa shape index (κ3) is 2.18. The normalized spacial score (nSPS) is 16.9. The van der Waals surface area contributed by atoms with Crippen molar-refractivity contribution in [3.63, 3.8) is 0 Å². The van der Waals surface area contributed by atoms with Gasteiger partial charge < -0.3 is 4.74 Å². The molecule has 2 rings (SSSR count). The van der Waals surface area contributed by atoms with Crippen LogP contribution in [0, 0.1) is 5.92 Å². The lowest BCUT2D eigenvalue weighted by Crippen LogP contribution is -1.87. The second-order valence-corrected chi connectivity index (χ2v) is 4.51. The van der Waals surface area contributed by atoms with Gasteiger partial charge in [0.05, 0.1) is 13.4 Å². The molecule has 1 aromatic rings. The Bertz CT molecular complexity index is 336. The molecule has 1 aromatic carbocycles. The van der Waals surface area contributed by atoms with Crippen LogP contribution in [0.4, 0.5) is 0 Å². The maximum absolute atomic E-state index is 5.12. The van der Waals surface area contributed by atoms with E-state index in [4.69, 9.17) is 4.74 Å². The number of hydrogen-bond donors (Lipinski definition) is 0. The molecule has 0 saturated heterocycles. The van der Waals surface area contributed by atoms with E-state index >= 15 is 0 Å². The van der Waals surface area contributed by atoms with E-state index in [0.29, 0.717) is 0 Å². The number of ether oxygens (including phenoxy) is 1. The molecule has 0 amide bonds. The van der Waals surface area contributed by atoms with Gasteiger partial charge in [0.25, 0.3) is 0 Å². The zero-order valence-corrected chi connectivity index (χ0v) is 9.75. The lowest BCUT2D eigenvalue weighted by Gasteiger charge is -2.05. The van der Waals surface area contributed by atoms with Gasteiger partial charge in [0.1, 0.15) is 0 Å². The fraction of sp³-hybridized carbons (Fsp3) is 0.333. The van der Waals surface area contributed by atoms with E-state index in [1.807, 2.05) is 6.26 Å². The van der Waals surface area contributed by atoms with Crippen LogP contribution in [0.15, 0.2) is 35.0 Å². The molecular formula is C12H13BrO. The Balaban J connectivity index is 2.26. The zero-order chi connectivity index (χ0) is 9.97. The van der Waals surface area contributed by atoms with E-state index < -0.39 is 0 Å². The fourth-order valence-corrected chi connectivity index (χ4v) is 1.83. The summed E-state index contributed by atoms with van der Waals surface area (Å²) in [5, 5.41) is 0. The maximum Gasteiger partial charge on any atom is 0.0865 e. The molecule has 0 heterocycles. The smallest absolute Gasteiger partial charge is 0.0865 e. The minimum atomic E-state index is 0.719. The van der Waals surface area contributed by atoms with Crippen LogP contribution in [0.5, 0.6) is 0 Å². The van der Waals surface area contributed by atoms with E-state index in [1.165, 1.54) is 24.0 Å². The second-order valence-electron chi connectivity index (χ2n) is 3.59. The lowest BCUT2D eigenvalue weighted by molar-refractivity contribution is 0.338. The van der Waals surface area contributed by atoms with Gasteiger partial charge in [0, 0.05) is 4.47 Å². The third-order valence-corrected chi connectivity index (χ3v) is 2.97. The van der Waals surface area contributed by atoms with Crippen LogP contribution in [-0.4, -0.2) is 7.11 Å². The fourth-order valence-electron chi connectivity index (χ4n) is 1.56. The topological polar surface area (TPSA) is 9.23 Å². The van der Waals surface area contributed by atoms with Crippen LogP contribution >= 0.6 is 15.9 Å². The van der Waals surface area contributed by atoms with Crippen molar-refractivity contribution in [1.82, 2.24) is 0 Å². The predicted octanol–water partition coefficient (Wildman–Crippen LogP) is 3.85. The number of rotatable bonds is 3. The lowest BCUT2D eigenvalue weighted by atomic mass is 10.0. The second kappa shape index (κ2) is 4.18. The number of halogens is 1. The molecule has 74 valence electrons. The molecule has 0 aromatic heterocycles. The van der Waals surface area contributed by atoms with Crippen LogP contribution in [-0.2, 0) is 4.74 Å². The van der Waals surface area contributed by atoms with Crippen LogP contribution in [0.2, 0.25) is 0 Å². The monoisotopic (exact) mass is 252 g/mol. The molecule has 0 atom stereocenters. The van der Waals surface area contributed by atoms with E-state index in [9.17, 15) is 0 Å². The minimum absolute atomic E-state index is 0.719. The van der Waals surface area contributed by atoms with Crippen LogP contribution in [0.3, 0.4) is 0 Å². The van der Waals surface area contributed by atoms with Gasteiger partial charge in [-0.05, 0) is 42.0 Å². The summed E-state index contributed by atoms with van der Waals surface area (Å²) in [5.41, 5.74) is 2.61. The minimum Gasteiger partial charge on any atom is -0.504 e. The highest BCUT2D eigenvalue weighted by molar-refractivity contribution is 9.10. The summed E-state index contributed by atoms with van der Waals surface area (Å²) in [7, 11) is 1.71. The first-order chi connectivity index (χ1) is 6.81. The molecule has 1 fully saturated rings. The summed E-state index contributed by atoms with van der Waals surface area (Å²) in [6.07, 6.45) is 4.47. The SMILES string of the molecule is CO/C=C(\c1ccc(Br)cc1)C1CC1. The van der Waals surface area contributed by atoms with Crippen molar-refractivity contribution >= 4 is 21.5 Å². The molecule has 1 nitrogen and oxygen atoms in total. The number of methoxy groups -OCH3 is 1. The van der Waals surface area contributed by atoms with Crippen molar-refractivity contribution in [2.45, 2.75) is 12.8 Å². The van der Waals surface area contributed by atoms with Crippen molar-refractivity contribution in [3.8, 4) is 0 Å². The Labute approximate surface area is 92.9 Å². The van der Waals surface area contributed by atoms with Gasteiger partial charge in [-0.3, -0.25) is 0 Å². The molecule has 0 aliphatic heterocycles. The largest absolute Gasteiger partial charge is 0.504 e. The Morgan fingerprint density at radius 1 is 1.36 bits per heavy atom. The molecule has 0 spiro atoms. The van der Waals surface area contributed by atoms with E-state index in [1.54, 1.807) is 7.11 Å². The van der Waals surface area contributed by atoms with E-state index in [2.05, 4.69) is 40.2 Å². The van der Waals surface area contributed by atoms with Crippen molar-refractivity contribution in [3.05, 3.63) is 40.6 Å². The highest BCUT2D eigenvalue weighted by Gasteiger charge is 2.27. The standard InChI is InChI=1S/C12H13BrO/c1-14-8-12(9-2-3-9)10-4-6-11(13)7-5-10/h4-9H,2-3H2,1H3/b12-8-. The summed E-state index contributed by atoms with van der Waals surface area (Å²) < 4.78 is 6.24. The van der Waals surface area contributed by atoms with E-state index in [-0.39, 0.29) is 0 Å². The Morgan fingerprint density at radius 2 is 2.00 bits per heavy atom. The average Bonchev–Trinajstić information content (AvgIpc) is 2.99. The first kappa shape index (κ1) is 9.78. The molecule has 0 N–H and O–H groups in total. The Kier molecular flexibility index (Phi) is 2.92. The predicted molar refractivity (Wildman–Crippen MR) is 61.9 cm³/mol. The summed E-state index contributed by atoms with van der Waals surface area (Å²) >= 11 is 3.44. The van der Waals surface area contributed by atoms with Crippen LogP contribution in [0.1, 0.15) is 18.4 Å². The quantitative estimate of drug-likeness (QED) is 0.743. The maximum atomic E-state index is 5.12. The molecule has 14 heavy (non-hydrogen) atoms. The molecular weight excluding hydrogens is 240 g/mol. The van der Waals surface area contributed by atoms with Crippen LogP contribution < -0.4 is 0 Å². The summed E-state index contributed by atoms with van der Waals surface area (Å²) in [4.78, 5) is 0.